The largest absolute Gasteiger partial charge is 0.352 e. The van der Waals surface area contributed by atoms with Gasteiger partial charge in [0, 0.05) is 16.6 Å². The van der Waals surface area contributed by atoms with Gasteiger partial charge in [0.1, 0.15) is 0 Å². The molecule has 0 fully saturated rings. The molecule has 1 N–H and O–H groups in total. The van der Waals surface area contributed by atoms with Crippen LogP contribution in [0.3, 0.4) is 0 Å². The van der Waals surface area contributed by atoms with Crippen LogP contribution < -0.4 is 5.32 Å². The molecule has 0 aliphatic rings. The van der Waals surface area contributed by atoms with Gasteiger partial charge in [-0.15, -0.1) is 0 Å². The van der Waals surface area contributed by atoms with Crippen molar-refractivity contribution < 1.29 is 4.79 Å². The Kier molecular flexibility index (Phi) is 5.19. The smallest absolute Gasteiger partial charge is 0.251 e. The lowest BCUT2D eigenvalue weighted by atomic mass is 10.1. The maximum absolute atomic E-state index is 11.7. The van der Waals surface area contributed by atoms with Crippen LogP contribution in [0, 0.1) is 6.92 Å². The molecule has 0 heterocycles. The third-order valence-corrected chi connectivity index (χ3v) is 2.86. The first kappa shape index (κ1) is 12.6. The normalized spacial score (nSPS) is 10.1. The molecule has 1 amide bonds. The van der Waals surface area contributed by atoms with Crippen molar-refractivity contribution in [1.29, 1.82) is 0 Å². The molecular formula is C11H14BrNOS. The molecule has 1 aromatic rings. The van der Waals surface area contributed by atoms with E-state index >= 15 is 0 Å². The maximum Gasteiger partial charge on any atom is 0.251 e. The molecule has 1 rings (SSSR count). The molecule has 2 nitrogen and oxygen atoms in total. The molecule has 0 aromatic heterocycles. The molecule has 0 radical (unpaired) electrons. The molecular weight excluding hydrogens is 274 g/mol. The molecule has 0 unspecified atom stereocenters. The van der Waals surface area contributed by atoms with Crippen molar-refractivity contribution in [3.8, 4) is 0 Å². The van der Waals surface area contributed by atoms with Gasteiger partial charge in [-0.25, -0.2) is 0 Å². The number of thiol groups is 1. The van der Waals surface area contributed by atoms with Gasteiger partial charge in [0.15, 0.2) is 0 Å². The van der Waals surface area contributed by atoms with Crippen LogP contribution in [-0.2, 0) is 0 Å². The predicted octanol–water partition coefficient (Wildman–Crippen LogP) is 2.81. The lowest BCUT2D eigenvalue weighted by Gasteiger charge is -2.07. The lowest BCUT2D eigenvalue weighted by Crippen LogP contribution is -2.25. The van der Waals surface area contributed by atoms with Crippen molar-refractivity contribution in [3.63, 3.8) is 0 Å². The second-order valence-corrected chi connectivity index (χ2v) is 4.66. The summed E-state index contributed by atoms with van der Waals surface area (Å²) in [5.41, 5.74) is 1.71. The Labute approximate surface area is 104 Å². The van der Waals surface area contributed by atoms with E-state index in [9.17, 15) is 4.79 Å². The SMILES string of the molecule is Cc1cc(Br)ccc1C(=O)NCCCS. The number of carbonyl (C=O) groups is 1. The quantitative estimate of drug-likeness (QED) is 0.647. The summed E-state index contributed by atoms with van der Waals surface area (Å²) < 4.78 is 0.993. The van der Waals surface area contributed by atoms with E-state index in [1.165, 1.54) is 0 Å². The second-order valence-electron chi connectivity index (χ2n) is 3.29. The third-order valence-electron chi connectivity index (χ3n) is 2.05. The first-order valence-electron chi connectivity index (χ1n) is 4.80. The zero-order valence-electron chi connectivity index (χ0n) is 8.59. The molecule has 0 bridgehead atoms. The minimum atomic E-state index is -0.0122. The maximum atomic E-state index is 11.7. The van der Waals surface area contributed by atoms with Gasteiger partial charge in [0.25, 0.3) is 5.91 Å². The van der Waals surface area contributed by atoms with E-state index in [1.54, 1.807) is 0 Å². The van der Waals surface area contributed by atoms with Gasteiger partial charge in [-0.1, -0.05) is 15.9 Å². The summed E-state index contributed by atoms with van der Waals surface area (Å²) >= 11 is 7.45. The second kappa shape index (κ2) is 6.18. The highest BCUT2D eigenvalue weighted by Crippen LogP contribution is 2.15. The number of hydrogen-bond acceptors (Lipinski definition) is 2. The standard InChI is InChI=1S/C11H14BrNOS/c1-8-7-9(12)3-4-10(8)11(14)13-5-2-6-15/h3-4,7,15H,2,5-6H2,1H3,(H,13,14). The topological polar surface area (TPSA) is 29.1 Å². The Balaban J connectivity index is 2.65. The fourth-order valence-electron chi connectivity index (χ4n) is 1.26. The van der Waals surface area contributed by atoms with Crippen LogP contribution in [0.25, 0.3) is 0 Å². The molecule has 15 heavy (non-hydrogen) atoms. The van der Waals surface area contributed by atoms with E-state index in [4.69, 9.17) is 0 Å². The molecule has 0 spiro atoms. The summed E-state index contributed by atoms with van der Waals surface area (Å²) in [7, 11) is 0. The number of aryl methyl sites for hydroxylation is 1. The predicted molar refractivity (Wildman–Crippen MR) is 69.7 cm³/mol. The van der Waals surface area contributed by atoms with Crippen LogP contribution in [-0.4, -0.2) is 18.2 Å². The summed E-state index contributed by atoms with van der Waals surface area (Å²) in [6, 6.07) is 5.64. The van der Waals surface area contributed by atoms with Gasteiger partial charge in [-0.2, -0.15) is 12.6 Å². The van der Waals surface area contributed by atoms with Gasteiger partial charge in [-0.3, -0.25) is 4.79 Å². The summed E-state index contributed by atoms with van der Waals surface area (Å²) in [6.45, 7) is 2.61. The molecule has 1 aromatic carbocycles. The molecule has 0 atom stereocenters. The molecule has 4 heteroatoms. The first-order chi connectivity index (χ1) is 7.15. The van der Waals surface area contributed by atoms with E-state index in [0.29, 0.717) is 6.54 Å². The summed E-state index contributed by atoms with van der Waals surface area (Å²) in [4.78, 5) is 11.7. The fourth-order valence-corrected chi connectivity index (χ4v) is 1.89. The Morgan fingerprint density at radius 1 is 1.53 bits per heavy atom. The van der Waals surface area contributed by atoms with Gasteiger partial charge in [0.05, 0.1) is 0 Å². The van der Waals surface area contributed by atoms with Gasteiger partial charge in [0.2, 0.25) is 0 Å². The highest BCUT2D eigenvalue weighted by Gasteiger charge is 2.07. The monoisotopic (exact) mass is 287 g/mol. The Hall–Kier alpha value is -0.480. The van der Waals surface area contributed by atoms with Crippen molar-refractivity contribution in [1.82, 2.24) is 5.32 Å². The average molecular weight is 288 g/mol. The van der Waals surface area contributed by atoms with E-state index in [2.05, 4.69) is 33.9 Å². The van der Waals surface area contributed by atoms with E-state index in [0.717, 1.165) is 27.8 Å². The molecule has 0 saturated carbocycles. The number of benzene rings is 1. The van der Waals surface area contributed by atoms with Gasteiger partial charge >= 0.3 is 0 Å². The zero-order chi connectivity index (χ0) is 11.3. The van der Waals surface area contributed by atoms with Crippen LogP contribution in [0.4, 0.5) is 0 Å². The van der Waals surface area contributed by atoms with Gasteiger partial charge in [-0.05, 0) is 42.9 Å². The summed E-state index contributed by atoms with van der Waals surface area (Å²) in [5.74, 6) is 0.779. The highest BCUT2D eigenvalue weighted by molar-refractivity contribution is 9.10. The lowest BCUT2D eigenvalue weighted by molar-refractivity contribution is 0.0953. The number of carbonyl (C=O) groups excluding carboxylic acids is 1. The third kappa shape index (κ3) is 3.87. The van der Waals surface area contributed by atoms with E-state index in [-0.39, 0.29) is 5.91 Å². The number of rotatable bonds is 4. The minimum absolute atomic E-state index is 0.0122. The van der Waals surface area contributed by atoms with Crippen LogP contribution >= 0.6 is 28.6 Å². The minimum Gasteiger partial charge on any atom is -0.352 e. The first-order valence-corrected chi connectivity index (χ1v) is 6.23. The molecule has 0 aliphatic carbocycles. The summed E-state index contributed by atoms with van der Waals surface area (Å²) in [6.07, 6.45) is 0.893. The molecule has 82 valence electrons. The van der Waals surface area contributed by atoms with Crippen LogP contribution in [0.2, 0.25) is 0 Å². The Bertz CT molecular complexity index is 354. The Morgan fingerprint density at radius 3 is 2.87 bits per heavy atom. The average Bonchev–Trinajstić information content (AvgIpc) is 2.17. The van der Waals surface area contributed by atoms with E-state index in [1.807, 2.05) is 25.1 Å². The zero-order valence-corrected chi connectivity index (χ0v) is 11.1. The Morgan fingerprint density at radius 2 is 2.27 bits per heavy atom. The van der Waals surface area contributed by atoms with Crippen LogP contribution in [0.1, 0.15) is 22.3 Å². The van der Waals surface area contributed by atoms with Crippen molar-refractivity contribution in [2.45, 2.75) is 13.3 Å². The highest BCUT2D eigenvalue weighted by atomic mass is 79.9. The van der Waals surface area contributed by atoms with Crippen molar-refractivity contribution in [2.24, 2.45) is 0 Å². The fraction of sp³-hybridized carbons (Fsp3) is 0.364. The number of amides is 1. The van der Waals surface area contributed by atoms with Crippen LogP contribution in [0.5, 0.6) is 0 Å². The van der Waals surface area contributed by atoms with Crippen molar-refractivity contribution in [2.75, 3.05) is 12.3 Å². The van der Waals surface area contributed by atoms with E-state index < -0.39 is 0 Å². The molecule has 0 saturated heterocycles. The van der Waals surface area contributed by atoms with Crippen molar-refractivity contribution >= 4 is 34.5 Å². The van der Waals surface area contributed by atoms with Gasteiger partial charge < -0.3 is 5.32 Å². The number of halogens is 1. The summed E-state index contributed by atoms with van der Waals surface area (Å²) in [5, 5.41) is 2.86. The molecule has 0 aliphatic heterocycles. The van der Waals surface area contributed by atoms with Crippen LogP contribution in [0.15, 0.2) is 22.7 Å². The van der Waals surface area contributed by atoms with Crippen molar-refractivity contribution in [3.05, 3.63) is 33.8 Å². The number of nitrogens with one attached hydrogen (secondary N) is 1. The number of hydrogen-bond donors (Lipinski definition) is 2.